The monoisotopic (exact) mass is 219 g/mol. The molecule has 0 atom stereocenters. The fourth-order valence-electron chi connectivity index (χ4n) is 1.60. The Balaban J connectivity index is 1.89. The predicted molar refractivity (Wildman–Crippen MR) is 61.8 cm³/mol. The zero-order chi connectivity index (χ0) is 11.5. The van der Waals surface area contributed by atoms with Crippen molar-refractivity contribution < 1.29 is 0 Å². The molecule has 2 aromatic heterocycles. The van der Waals surface area contributed by atoms with Crippen LogP contribution in [0.25, 0.3) is 0 Å². The van der Waals surface area contributed by atoms with Crippen LogP contribution < -0.4 is 5.32 Å². The van der Waals surface area contributed by atoms with Crippen molar-refractivity contribution in [3.05, 3.63) is 35.2 Å². The van der Waals surface area contributed by atoms with E-state index >= 15 is 0 Å². The molecule has 5 heteroatoms. The van der Waals surface area contributed by atoms with Gasteiger partial charge in [-0.25, -0.2) is 4.98 Å². The van der Waals surface area contributed by atoms with E-state index in [0.29, 0.717) is 0 Å². The molecule has 0 radical (unpaired) electrons. The van der Waals surface area contributed by atoms with Crippen LogP contribution in [-0.4, -0.2) is 19.7 Å². The maximum absolute atomic E-state index is 4.24. The van der Waals surface area contributed by atoms with E-state index in [4.69, 9.17) is 0 Å². The number of aryl methyl sites for hydroxylation is 2. The van der Waals surface area contributed by atoms with E-state index in [-0.39, 0.29) is 0 Å². The summed E-state index contributed by atoms with van der Waals surface area (Å²) in [5, 5.41) is 7.57. The Kier molecular flexibility index (Phi) is 3.05. The van der Waals surface area contributed by atoms with E-state index in [1.165, 1.54) is 11.3 Å². The van der Waals surface area contributed by atoms with Crippen LogP contribution in [0.3, 0.4) is 0 Å². The van der Waals surface area contributed by atoms with Gasteiger partial charge in [0.1, 0.15) is 0 Å². The number of imidazole rings is 1. The Morgan fingerprint density at radius 2 is 2.19 bits per heavy atom. The molecular formula is C11H17N5. The Labute approximate surface area is 94.9 Å². The summed E-state index contributed by atoms with van der Waals surface area (Å²) in [6, 6.07) is 0. The van der Waals surface area contributed by atoms with Crippen LogP contribution in [0.5, 0.6) is 0 Å². The average molecular weight is 219 g/mol. The fraction of sp³-hybridized carbons (Fsp3) is 0.455. The fourth-order valence-corrected chi connectivity index (χ4v) is 1.60. The molecular weight excluding hydrogens is 202 g/mol. The molecule has 0 aliphatic carbocycles. The van der Waals surface area contributed by atoms with E-state index in [2.05, 4.69) is 27.3 Å². The topological polar surface area (TPSA) is 58.5 Å². The summed E-state index contributed by atoms with van der Waals surface area (Å²) < 4.78 is 1.89. The van der Waals surface area contributed by atoms with Crippen molar-refractivity contribution in [2.75, 3.05) is 0 Å². The van der Waals surface area contributed by atoms with Crippen LogP contribution in [0.15, 0.2) is 12.5 Å². The van der Waals surface area contributed by atoms with E-state index < -0.39 is 0 Å². The highest BCUT2D eigenvalue weighted by atomic mass is 15.3. The number of hydrogen-bond donors (Lipinski definition) is 2. The Morgan fingerprint density at radius 1 is 1.38 bits per heavy atom. The molecule has 0 aliphatic heterocycles. The highest BCUT2D eigenvalue weighted by Crippen LogP contribution is 2.05. The molecule has 0 aromatic carbocycles. The molecule has 0 fully saturated rings. The number of aromatic amines is 1. The Bertz CT molecular complexity index is 468. The summed E-state index contributed by atoms with van der Waals surface area (Å²) in [4.78, 5) is 7.30. The summed E-state index contributed by atoms with van der Waals surface area (Å²) >= 11 is 0. The van der Waals surface area contributed by atoms with E-state index in [0.717, 1.165) is 24.5 Å². The summed E-state index contributed by atoms with van der Waals surface area (Å²) in [5.41, 5.74) is 4.62. The van der Waals surface area contributed by atoms with Crippen LogP contribution in [-0.2, 0) is 20.1 Å². The van der Waals surface area contributed by atoms with Gasteiger partial charge in [-0.3, -0.25) is 4.68 Å². The number of H-pyrrole nitrogens is 1. The second-order valence-electron chi connectivity index (χ2n) is 3.96. The summed E-state index contributed by atoms with van der Waals surface area (Å²) in [7, 11) is 1.96. The Hall–Kier alpha value is -1.62. The van der Waals surface area contributed by atoms with Gasteiger partial charge >= 0.3 is 0 Å². The molecule has 2 aromatic rings. The highest BCUT2D eigenvalue weighted by molar-refractivity contribution is 5.16. The first-order valence-corrected chi connectivity index (χ1v) is 5.35. The lowest BCUT2D eigenvalue weighted by molar-refractivity contribution is 0.672. The third kappa shape index (κ3) is 2.14. The van der Waals surface area contributed by atoms with Gasteiger partial charge in [-0.1, -0.05) is 0 Å². The van der Waals surface area contributed by atoms with Crippen LogP contribution in [0.4, 0.5) is 0 Å². The van der Waals surface area contributed by atoms with E-state index in [1.54, 1.807) is 6.33 Å². The number of rotatable bonds is 4. The quantitative estimate of drug-likeness (QED) is 0.808. The molecule has 0 spiro atoms. The van der Waals surface area contributed by atoms with Gasteiger partial charge in [0.2, 0.25) is 0 Å². The van der Waals surface area contributed by atoms with Crippen molar-refractivity contribution in [3.63, 3.8) is 0 Å². The molecule has 0 saturated heterocycles. The first-order valence-electron chi connectivity index (χ1n) is 5.35. The van der Waals surface area contributed by atoms with Crippen molar-refractivity contribution in [2.24, 2.45) is 7.05 Å². The summed E-state index contributed by atoms with van der Waals surface area (Å²) in [6.07, 6.45) is 3.63. The van der Waals surface area contributed by atoms with Gasteiger partial charge in [-0.15, -0.1) is 0 Å². The van der Waals surface area contributed by atoms with Gasteiger partial charge in [-0.2, -0.15) is 5.10 Å². The lowest BCUT2D eigenvalue weighted by atomic mass is 10.2. The zero-order valence-corrected chi connectivity index (χ0v) is 9.91. The summed E-state index contributed by atoms with van der Waals surface area (Å²) in [6.45, 7) is 5.71. The molecule has 0 amide bonds. The number of nitrogens with one attached hydrogen (secondary N) is 2. The van der Waals surface area contributed by atoms with Crippen molar-refractivity contribution in [3.8, 4) is 0 Å². The molecule has 2 heterocycles. The third-order valence-corrected chi connectivity index (χ3v) is 2.88. The molecule has 86 valence electrons. The smallest absolute Gasteiger partial charge is 0.0925 e. The van der Waals surface area contributed by atoms with Gasteiger partial charge < -0.3 is 10.3 Å². The molecule has 5 nitrogen and oxygen atoms in total. The average Bonchev–Trinajstić information content (AvgIpc) is 2.80. The largest absolute Gasteiger partial charge is 0.348 e. The minimum atomic E-state index is 0.781. The lowest BCUT2D eigenvalue weighted by Crippen LogP contribution is -2.14. The van der Waals surface area contributed by atoms with Crippen molar-refractivity contribution in [1.82, 2.24) is 25.1 Å². The normalized spacial score (nSPS) is 10.9. The molecule has 2 N–H and O–H groups in total. The second kappa shape index (κ2) is 4.49. The van der Waals surface area contributed by atoms with Crippen molar-refractivity contribution in [2.45, 2.75) is 26.9 Å². The van der Waals surface area contributed by atoms with Crippen LogP contribution in [0, 0.1) is 13.8 Å². The van der Waals surface area contributed by atoms with E-state index in [1.807, 2.05) is 24.9 Å². The van der Waals surface area contributed by atoms with Gasteiger partial charge in [-0.05, 0) is 13.8 Å². The Morgan fingerprint density at radius 3 is 2.75 bits per heavy atom. The van der Waals surface area contributed by atoms with Crippen LogP contribution in [0.2, 0.25) is 0 Å². The minimum Gasteiger partial charge on any atom is -0.348 e. The number of nitrogens with zero attached hydrogens (tertiary/aromatic N) is 3. The molecule has 0 saturated carbocycles. The zero-order valence-electron chi connectivity index (χ0n) is 9.91. The minimum absolute atomic E-state index is 0.781. The predicted octanol–water partition coefficient (Wildman–Crippen LogP) is 1.05. The molecule has 0 unspecified atom stereocenters. The maximum atomic E-state index is 4.24. The van der Waals surface area contributed by atoms with Gasteiger partial charge in [0.05, 0.1) is 18.2 Å². The lowest BCUT2D eigenvalue weighted by Gasteiger charge is -2.03. The number of aromatic nitrogens is 4. The van der Waals surface area contributed by atoms with Gasteiger partial charge in [0.15, 0.2) is 0 Å². The highest BCUT2D eigenvalue weighted by Gasteiger charge is 2.04. The SMILES string of the molecule is Cc1[nH]cnc1CNCc1cnn(C)c1C. The van der Waals surface area contributed by atoms with Crippen molar-refractivity contribution in [1.29, 1.82) is 0 Å². The van der Waals surface area contributed by atoms with Gasteiger partial charge in [0.25, 0.3) is 0 Å². The van der Waals surface area contributed by atoms with E-state index in [9.17, 15) is 0 Å². The molecule has 0 bridgehead atoms. The molecule has 16 heavy (non-hydrogen) atoms. The molecule has 2 rings (SSSR count). The summed E-state index contributed by atoms with van der Waals surface area (Å²) in [5.74, 6) is 0. The first-order chi connectivity index (χ1) is 7.68. The van der Waals surface area contributed by atoms with Crippen molar-refractivity contribution >= 4 is 0 Å². The van der Waals surface area contributed by atoms with Crippen LogP contribution >= 0.6 is 0 Å². The second-order valence-corrected chi connectivity index (χ2v) is 3.96. The first kappa shape index (κ1) is 10.9. The van der Waals surface area contributed by atoms with Crippen LogP contribution in [0.1, 0.15) is 22.6 Å². The van der Waals surface area contributed by atoms with Gasteiger partial charge in [0, 0.05) is 37.1 Å². The standard InChI is InChI=1S/C11H17N5/c1-8-11(14-7-13-8)6-12-4-10-5-15-16(3)9(10)2/h5,7,12H,4,6H2,1-3H3,(H,13,14). The molecule has 0 aliphatic rings. The number of hydrogen-bond acceptors (Lipinski definition) is 3. The third-order valence-electron chi connectivity index (χ3n) is 2.88. The maximum Gasteiger partial charge on any atom is 0.0925 e.